The minimum atomic E-state index is -0.270. The van der Waals surface area contributed by atoms with Crippen LogP contribution >= 0.6 is 0 Å². The van der Waals surface area contributed by atoms with E-state index in [1.165, 1.54) is 66.8 Å². The van der Waals surface area contributed by atoms with Crippen LogP contribution in [0.1, 0.15) is 128 Å². The molecule has 474 valence electrons. The second-order valence-corrected chi connectivity index (χ2v) is 25.5. The van der Waals surface area contributed by atoms with Crippen LogP contribution in [0.4, 0.5) is 0 Å². The molecule has 0 aliphatic heterocycles. The van der Waals surface area contributed by atoms with Gasteiger partial charge in [-0.05, 0) is 120 Å². The molecule has 0 aromatic heterocycles. The van der Waals surface area contributed by atoms with Crippen LogP contribution < -0.4 is 0 Å². The molecule has 4 heteroatoms. The van der Waals surface area contributed by atoms with Crippen LogP contribution in [0.25, 0.3) is 0 Å². The van der Waals surface area contributed by atoms with Gasteiger partial charge in [-0.1, -0.05) is 355 Å². The summed E-state index contributed by atoms with van der Waals surface area (Å²) in [6, 6.07) is 115. The highest BCUT2D eigenvalue weighted by atomic mass is 16.3. The summed E-state index contributed by atoms with van der Waals surface area (Å²) in [5.41, 5.74) is 20.2. The molecule has 4 N–H and O–H groups in total. The maximum absolute atomic E-state index is 11.0. The van der Waals surface area contributed by atoms with Crippen LogP contribution in [0, 0.1) is 0 Å². The lowest BCUT2D eigenvalue weighted by Crippen LogP contribution is -2.23. The number of hydrogen-bond acceptors (Lipinski definition) is 4. The number of benzene rings is 13. The van der Waals surface area contributed by atoms with Crippen LogP contribution in [-0.2, 0) is 55.8 Å². The Bertz CT molecular complexity index is 4250. The van der Waals surface area contributed by atoms with Gasteiger partial charge in [0.15, 0.2) is 0 Å². The average Bonchev–Trinajstić information content (AvgIpc) is 0.792. The summed E-state index contributed by atoms with van der Waals surface area (Å²) >= 11 is 0. The summed E-state index contributed by atoms with van der Waals surface area (Å²) in [5, 5.41) is 42.1. The normalized spacial score (nSPS) is 11.0. The molecule has 0 saturated heterocycles. The van der Waals surface area contributed by atoms with Crippen LogP contribution in [0.15, 0.2) is 340 Å². The summed E-state index contributed by atoms with van der Waals surface area (Å²) in [5.74, 6) is 1.56. The van der Waals surface area contributed by atoms with Gasteiger partial charge in [0, 0.05) is 48.5 Å². The summed E-state index contributed by atoms with van der Waals surface area (Å²) in [6.45, 7) is 8.79. The molecule has 0 saturated carbocycles. The van der Waals surface area contributed by atoms with Crippen molar-refractivity contribution in [1.82, 2.24) is 0 Å². The van der Waals surface area contributed by atoms with Crippen molar-refractivity contribution in [3.8, 4) is 23.0 Å². The van der Waals surface area contributed by atoms with E-state index in [2.05, 4.69) is 198 Å². The molecular weight excluding hydrogens is 1160 g/mol. The van der Waals surface area contributed by atoms with Gasteiger partial charge in [-0.25, -0.2) is 0 Å². The van der Waals surface area contributed by atoms with Gasteiger partial charge in [-0.3, -0.25) is 0 Å². The van der Waals surface area contributed by atoms with Crippen LogP contribution in [0.3, 0.4) is 0 Å². The molecule has 0 heterocycles. The Morgan fingerprint density at radius 3 is 0.863 bits per heavy atom. The topological polar surface area (TPSA) is 80.9 Å². The van der Waals surface area contributed by atoms with Crippen molar-refractivity contribution in [2.24, 2.45) is 0 Å². The Kier molecular flexibility index (Phi) is 23.3. The Morgan fingerprint density at radius 2 is 0.484 bits per heavy atom. The summed E-state index contributed by atoms with van der Waals surface area (Å²) in [4.78, 5) is 0. The molecule has 0 amide bonds. The molecule has 0 atom stereocenters. The zero-order valence-electron chi connectivity index (χ0n) is 55.1. The van der Waals surface area contributed by atoms with E-state index in [0.717, 1.165) is 78.3 Å². The molecular formula is C91H86O4. The van der Waals surface area contributed by atoms with E-state index in [1.807, 2.05) is 164 Å². The smallest absolute Gasteiger partial charge is 0.122 e. The molecule has 13 rings (SSSR count). The fourth-order valence-corrected chi connectivity index (χ4v) is 12.2. The third-order valence-electron chi connectivity index (χ3n) is 17.7. The summed E-state index contributed by atoms with van der Waals surface area (Å²) < 4.78 is 0. The van der Waals surface area contributed by atoms with Gasteiger partial charge in [0.2, 0.25) is 0 Å². The number of phenolic OH excluding ortho intramolecular Hbond substituents is 4. The van der Waals surface area contributed by atoms with Crippen LogP contribution in [0.2, 0.25) is 0 Å². The average molecular weight is 1240 g/mol. The lowest BCUT2D eigenvalue weighted by atomic mass is 9.73. The molecule has 0 aliphatic carbocycles. The standard InChI is InChI=1S/C27H24O.C24H26O.2C20H18O/c28-27-25(17-22-12-6-2-7-13-22)19-24(16-21-10-4-1-5-11-21)20-26(27)18-23-14-8-3-9-15-23;1-23(2,18-11-7-5-8-12-18)20-15-16-22(25)21(17-20)24(3,4)19-13-9-6-10-14-19;21-20-18(14-16-8-3-1-4-9-16)12-7-13-19(20)15-17-10-5-2-6-11-17;21-20-12-11-18(13-16-7-3-1-4-8-16)15-19(20)14-17-9-5-2-6-10-17/h1-15,19-20,28H,16-18H2;5-17,25H,1-4H3;1-13,21H,14-15H2;1-12,15,21H,13-14H2. The first-order valence-corrected chi connectivity index (χ1v) is 32.9. The number of phenols is 4. The number of aromatic hydroxyl groups is 4. The quantitative estimate of drug-likeness (QED) is 0.0690. The lowest BCUT2D eigenvalue weighted by molar-refractivity contribution is 0.451. The van der Waals surface area contributed by atoms with E-state index in [-0.39, 0.29) is 10.8 Å². The first-order chi connectivity index (χ1) is 46.2. The van der Waals surface area contributed by atoms with E-state index in [1.54, 1.807) is 6.07 Å². The zero-order valence-corrected chi connectivity index (χ0v) is 55.1. The first-order valence-electron chi connectivity index (χ1n) is 32.9. The third-order valence-corrected chi connectivity index (χ3v) is 17.7. The van der Waals surface area contributed by atoms with Crippen molar-refractivity contribution >= 4 is 0 Å². The van der Waals surface area contributed by atoms with Crippen molar-refractivity contribution in [2.45, 2.75) is 83.5 Å². The van der Waals surface area contributed by atoms with E-state index >= 15 is 0 Å². The van der Waals surface area contributed by atoms with Gasteiger partial charge in [0.25, 0.3) is 0 Å². The molecule has 0 radical (unpaired) electrons. The van der Waals surface area contributed by atoms with Gasteiger partial charge in [0.1, 0.15) is 23.0 Å². The summed E-state index contributed by atoms with van der Waals surface area (Å²) in [6.07, 6.45) is 5.50. The number of hydrogen-bond donors (Lipinski definition) is 4. The SMILES string of the molecule is CC(C)(c1ccccc1)c1ccc(O)c(C(C)(C)c2ccccc2)c1.Oc1c(Cc2ccccc2)cc(Cc2ccccc2)cc1Cc1ccccc1.Oc1c(Cc2ccccc2)cccc1Cc1ccccc1.Oc1ccc(Cc2ccccc2)cc1Cc1ccccc1. The molecule has 0 unspecified atom stereocenters. The Balaban J connectivity index is 0.000000139. The zero-order chi connectivity index (χ0) is 66.2. The first kappa shape index (κ1) is 67.0. The third kappa shape index (κ3) is 19.1. The second-order valence-electron chi connectivity index (χ2n) is 25.5. The highest BCUT2D eigenvalue weighted by Gasteiger charge is 2.30. The fraction of sp³-hybridized carbons (Fsp3) is 0.143. The van der Waals surface area contributed by atoms with Crippen molar-refractivity contribution < 1.29 is 20.4 Å². The van der Waals surface area contributed by atoms with E-state index in [9.17, 15) is 20.4 Å². The predicted molar refractivity (Wildman–Crippen MR) is 394 cm³/mol. The maximum Gasteiger partial charge on any atom is 0.122 e. The Labute approximate surface area is 563 Å². The predicted octanol–water partition coefficient (Wildman–Crippen LogP) is 21.4. The Morgan fingerprint density at radius 1 is 0.200 bits per heavy atom. The van der Waals surface area contributed by atoms with Crippen molar-refractivity contribution in [2.75, 3.05) is 0 Å². The maximum atomic E-state index is 11.0. The summed E-state index contributed by atoms with van der Waals surface area (Å²) in [7, 11) is 0. The van der Waals surface area contributed by atoms with Crippen LogP contribution in [-0.4, -0.2) is 20.4 Å². The number of para-hydroxylation sites is 1. The van der Waals surface area contributed by atoms with Gasteiger partial charge < -0.3 is 20.4 Å². The fourth-order valence-electron chi connectivity index (χ4n) is 12.2. The highest BCUT2D eigenvalue weighted by Crippen LogP contribution is 2.41. The largest absolute Gasteiger partial charge is 0.508 e. The minimum Gasteiger partial charge on any atom is -0.508 e. The van der Waals surface area contributed by atoms with Gasteiger partial charge in [0.05, 0.1) is 0 Å². The molecule has 0 aliphatic rings. The molecule has 4 nitrogen and oxygen atoms in total. The van der Waals surface area contributed by atoms with Gasteiger partial charge in [-0.15, -0.1) is 0 Å². The highest BCUT2D eigenvalue weighted by molar-refractivity contribution is 5.52. The molecule has 0 bridgehead atoms. The number of rotatable bonds is 18. The molecule has 13 aromatic carbocycles. The van der Waals surface area contributed by atoms with Crippen molar-refractivity contribution in [3.63, 3.8) is 0 Å². The molecule has 95 heavy (non-hydrogen) atoms. The monoisotopic (exact) mass is 1240 g/mol. The van der Waals surface area contributed by atoms with Crippen molar-refractivity contribution in [3.05, 3.63) is 440 Å². The van der Waals surface area contributed by atoms with E-state index in [0.29, 0.717) is 23.0 Å². The van der Waals surface area contributed by atoms with Crippen molar-refractivity contribution in [1.29, 1.82) is 0 Å². The van der Waals surface area contributed by atoms with Gasteiger partial charge >= 0.3 is 0 Å². The van der Waals surface area contributed by atoms with E-state index < -0.39 is 0 Å². The Hall–Kier alpha value is -10.9. The molecule has 0 spiro atoms. The molecule has 13 aromatic rings. The second kappa shape index (κ2) is 33.1. The minimum absolute atomic E-state index is 0.128. The molecule has 0 fully saturated rings. The van der Waals surface area contributed by atoms with Crippen LogP contribution in [0.5, 0.6) is 23.0 Å². The lowest BCUT2D eigenvalue weighted by Gasteiger charge is -2.31. The van der Waals surface area contributed by atoms with E-state index in [4.69, 9.17) is 0 Å². The van der Waals surface area contributed by atoms with Gasteiger partial charge in [-0.2, -0.15) is 0 Å².